The second-order valence-corrected chi connectivity index (χ2v) is 4.56. The van der Waals surface area contributed by atoms with Gasteiger partial charge in [0.15, 0.2) is 11.5 Å². The molecule has 0 amide bonds. The van der Waals surface area contributed by atoms with Crippen molar-refractivity contribution in [2.45, 2.75) is 0 Å². The highest BCUT2D eigenvalue weighted by Crippen LogP contribution is 2.19. The van der Waals surface area contributed by atoms with Gasteiger partial charge in [-0.1, -0.05) is 0 Å². The Balaban J connectivity index is 2.05. The number of rotatable bonds is 2. The summed E-state index contributed by atoms with van der Waals surface area (Å²) < 4.78 is 0. The Labute approximate surface area is 115 Å². The lowest BCUT2D eigenvalue weighted by Crippen LogP contribution is -2.10. The summed E-state index contributed by atoms with van der Waals surface area (Å²) in [7, 11) is 3.87. The molecule has 3 aromatic heterocycles. The Morgan fingerprint density at radius 3 is 2.65 bits per heavy atom. The van der Waals surface area contributed by atoms with Crippen LogP contribution in [-0.2, 0) is 0 Å². The number of anilines is 1. The lowest BCUT2D eigenvalue weighted by atomic mass is 10.2. The molecule has 0 saturated heterocycles. The number of hydrogen-bond acceptors (Lipinski definition) is 5. The van der Waals surface area contributed by atoms with E-state index in [0.717, 1.165) is 11.3 Å². The van der Waals surface area contributed by atoms with Crippen molar-refractivity contribution in [3.8, 4) is 17.6 Å². The van der Waals surface area contributed by atoms with E-state index in [1.807, 2.05) is 37.2 Å². The third-order valence-electron chi connectivity index (χ3n) is 2.92. The van der Waals surface area contributed by atoms with Crippen molar-refractivity contribution in [3.63, 3.8) is 0 Å². The topological polar surface area (TPSA) is 81.5 Å². The normalized spacial score (nSPS) is 10.4. The average Bonchev–Trinajstić information content (AvgIpc) is 2.90. The Morgan fingerprint density at radius 1 is 1.15 bits per heavy atom. The molecule has 0 radical (unpaired) electrons. The summed E-state index contributed by atoms with van der Waals surface area (Å²) in [6.07, 6.45) is 1.53. The third-order valence-corrected chi connectivity index (χ3v) is 2.92. The first-order valence-electron chi connectivity index (χ1n) is 6.08. The van der Waals surface area contributed by atoms with E-state index >= 15 is 0 Å². The number of aromatic amines is 1. The molecule has 0 atom stereocenters. The molecule has 0 spiro atoms. The molecule has 0 aromatic carbocycles. The van der Waals surface area contributed by atoms with E-state index in [0.29, 0.717) is 22.7 Å². The molecule has 1 N–H and O–H groups in total. The summed E-state index contributed by atoms with van der Waals surface area (Å²) in [5, 5.41) is 8.77. The zero-order chi connectivity index (χ0) is 14.1. The predicted molar refractivity (Wildman–Crippen MR) is 76.2 cm³/mol. The molecule has 0 saturated carbocycles. The van der Waals surface area contributed by atoms with Crippen LogP contribution in [0.4, 0.5) is 5.82 Å². The highest BCUT2D eigenvalue weighted by atomic mass is 15.2. The van der Waals surface area contributed by atoms with Gasteiger partial charge < -0.3 is 9.88 Å². The monoisotopic (exact) mass is 264 g/mol. The van der Waals surface area contributed by atoms with Gasteiger partial charge in [0, 0.05) is 20.3 Å². The fourth-order valence-corrected chi connectivity index (χ4v) is 1.85. The van der Waals surface area contributed by atoms with E-state index < -0.39 is 0 Å². The highest BCUT2D eigenvalue weighted by molar-refractivity contribution is 5.76. The maximum absolute atomic E-state index is 8.77. The quantitative estimate of drug-likeness (QED) is 0.765. The van der Waals surface area contributed by atoms with Gasteiger partial charge in [0.05, 0.1) is 11.1 Å². The predicted octanol–water partition coefficient (Wildman–Crippen LogP) is 1.96. The number of nitriles is 1. The molecule has 3 heterocycles. The lowest BCUT2D eigenvalue weighted by molar-refractivity contribution is 1.08. The molecular weight excluding hydrogens is 252 g/mol. The van der Waals surface area contributed by atoms with Crippen LogP contribution < -0.4 is 4.90 Å². The average molecular weight is 264 g/mol. The first-order chi connectivity index (χ1) is 9.67. The first kappa shape index (κ1) is 12.1. The number of aromatic nitrogens is 4. The molecule has 0 fully saturated rings. The number of nitrogens with one attached hydrogen (secondary N) is 1. The van der Waals surface area contributed by atoms with Crippen molar-refractivity contribution in [3.05, 3.63) is 36.0 Å². The van der Waals surface area contributed by atoms with Crippen LogP contribution in [0, 0.1) is 11.3 Å². The standard InChI is InChI=1S/C14H12N6/c1-20(2)12-6-5-11-14(18-12)19-13(17-11)10-4-3-9(7-15)8-16-10/h3-6,8H,1-2H3,(H,17,18,19). The van der Waals surface area contributed by atoms with Crippen molar-refractivity contribution < 1.29 is 0 Å². The van der Waals surface area contributed by atoms with Gasteiger partial charge in [-0.05, 0) is 24.3 Å². The molecule has 98 valence electrons. The van der Waals surface area contributed by atoms with Gasteiger partial charge in [-0.15, -0.1) is 0 Å². The van der Waals surface area contributed by atoms with E-state index in [2.05, 4.69) is 19.9 Å². The van der Waals surface area contributed by atoms with Crippen molar-refractivity contribution in [2.24, 2.45) is 0 Å². The van der Waals surface area contributed by atoms with Crippen LogP contribution in [0.15, 0.2) is 30.5 Å². The molecule has 6 heteroatoms. The van der Waals surface area contributed by atoms with Crippen LogP contribution in [0.1, 0.15) is 5.56 Å². The van der Waals surface area contributed by atoms with Crippen molar-refractivity contribution in [1.29, 1.82) is 5.26 Å². The number of fused-ring (bicyclic) bond motifs is 1. The van der Waals surface area contributed by atoms with Crippen LogP contribution in [0.25, 0.3) is 22.7 Å². The second kappa shape index (κ2) is 4.63. The number of nitrogens with zero attached hydrogens (tertiary/aromatic N) is 5. The molecule has 0 bridgehead atoms. The van der Waals surface area contributed by atoms with E-state index in [-0.39, 0.29) is 0 Å². The van der Waals surface area contributed by atoms with E-state index in [9.17, 15) is 0 Å². The fraction of sp³-hybridized carbons (Fsp3) is 0.143. The third kappa shape index (κ3) is 2.06. The second-order valence-electron chi connectivity index (χ2n) is 4.56. The van der Waals surface area contributed by atoms with Crippen LogP contribution in [0.3, 0.4) is 0 Å². The van der Waals surface area contributed by atoms with Gasteiger partial charge in [0.1, 0.15) is 17.6 Å². The van der Waals surface area contributed by atoms with Gasteiger partial charge in [0.25, 0.3) is 0 Å². The number of H-pyrrole nitrogens is 1. The summed E-state index contributed by atoms with van der Waals surface area (Å²) >= 11 is 0. The summed E-state index contributed by atoms with van der Waals surface area (Å²) in [5.41, 5.74) is 2.72. The molecule has 3 aromatic rings. The summed E-state index contributed by atoms with van der Waals surface area (Å²) in [6, 6.07) is 9.39. The fourth-order valence-electron chi connectivity index (χ4n) is 1.85. The van der Waals surface area contributed by atoms with E-state index in [4.69, 9.17) is 5.26 Å². The Kier molecular flexibility index (Phi) is 2.80. The number of imidazole rings is 1. The zero-order valence-electron chi connectivity index (χ0n) is 11.1. The van der Waals surface area contributed by atoms with E-state index in [1.54, 1.807) is 12.1 Å². The largest absolute Gasteiger partial charge is 0.363 e. The molecule has 0 aliphatic carbocycles. The molecule has 0 unspecified atom stereocenters. The van der Waals surface area contributed by atoms with Crippen LogP contribution >= 0.6 is 0 Å². The summed E-state index contributed by atoms with van der Waals surface area (Å²) in [5.74, 6) is 1.50. The van der Waals surface area contributed by atoms with Gasteiger partial charge in [-0.2, -0.15) is 5.26 Å². The molecule has 3 rings (SSSR count). The maximum atomic E-state index is 8.77. The minimum atomic E-state index is 0.526. The van der Waals surface area contributed by atoms with Crippen molar-refractivity contribution in [2.75, 3.05) is 19.0 Å². The molecule has 0 aliphatic heterocycles. The molecule has 0 aliphatic rings. The lowest BCUT2D eigenvalue weighted by Gasteiger charge is -2.09. The van der Waals surface area contributed by atoms with E-state index in [1.165, 1.54) is 6.20 Å². The van der Waals surface area contributed by atoms with Gasteiger partial charge in [0.2, 0.25) is 0 Å². The van der Waals surface area contributed by atoms with Gasteiger partial charge in [-0.3, -0.25) is 4.98 Å². The van der Waals surface area contributed by atoms with Crippen LogP contribution in [-0.4, -0.2) is 34.0 Å². The zero-order valence-corrected chi connectivity index (χ0v) is 11.1. The van der Waals surface area contributed by atoms with Crippen LogP contribution in [0.5, 0.6) is 0 Å². The Morgan fingerprint density at radius 2 is 2.00 bits per heavy atom. The SMILES string of the molecule is CN(C)c1ccc2[nH]c(-c3ccc(C#N)cn3)nc2n1. The number of hydrogen-bond donors (Lipinski definition) is 1. The minimum Gasteiger partial charge on any atom is -0.363 e. The van der Waals surface area contributed by atoms with Gasteiger partial charge in [-0.25, -0.2) is 9.97 Å². The highest BCUT2D eigenvalue weighted by Gasteiger charge is 2.09. The molecule has 20 heavy (non-hydrogen) atoms. The number of pyridine rings is 2. The summed E-state index contributed by atoms with van der Waals surface area (Å²) in [6.45, 7) is 0. The molecular formula is C14H12N6. The smallest absolute Gasteiger partial charge is 0.180 e. The first-order valence-corrected chi connectivity index (χ1v) is 6.08. The minimum absolute atomic E-state index is 0.526. The van der Waals surface area contributed by atoms with Crippen molar-refractivity contribution in [1.82, 2.24) is 19.9 Å². The Hall–Kier alpha value is -2.94. The summed E-state index contributed by atoms with van der Waals surface area (Å²) in [4.78, 5) is 18.2. The maximum Gasteiger partial charge on any atom is 0.180 e. The molecule has 6 nitrogen and oxygen atoms in total. The van der Waals surface area contributed by atoms with Gasteiger partial charge >= 0.3 is 0 Å². The van der Waals surface area contributed by atoms with Crippen LogP contribution in [0.2, 0.25) is 0 Å². The Bertz CT molecular complexity index is 795. The van der Waals surface area contributed by atoms with Crippen molar-refractivity contribution >= 4 is 17.0 Å².